The second-order valence-electron chi connectivity index (χ2n) is 5.94. The van der Waals surface area contributed by atoms with Gasteiger partial charge in [-0.3, -0.25) is 0 Å². The zero-order chi connectivity index (χ0) is 18.7. The first-order chi connectivity index (χ1) is 12.5. The summed E-state index contributed by atoms with van der Waals surface area (Å²) in [4.78, 5) is 13.2. The van der Waals surface area contributed by atoms with Crippen LogP contribution in [0.5, 0.6) is 0 Å². The molecule has 7 nitrogen and oxygen atoms in total. The van der Waals surface area contributed by atoms with Crippen molar-refractivity contribution in [3.05, 3.63) is 36.3 Å². The summed E-state index contributed by atoms with van der Waals surface area (Å²) >= 11 is 0. The van der Waals surface area contributed by atoms with Crippen LogP contribution in [0.1, 0.15) is 6.92 Å². The molecular weight excluding hydrogens is 335 g/mol. The number of anilines is 3. The molecule has 136 valence electrons. The van der Waals surface area contributed by atoms with E-state index in [4.69, 9.17) is 10.5 Å². The van der Waals surface area contributed by atoms with E-state index >= 15 is 0 Å². The van der Waals surface area contributed by atoms with Gasteiger partial charge >= 0.3 is 0 Å². The number of ether oxygens (including phenoxy) is 1. The normalized spacial score (nSPS) is 12.2. The van der Waals surface area contributed by atoms with Crippen molar-refractivity contribution in [2.24, 2.45) is 0 Å². The molecule has 2 heterocycles. The van der Waals surface area contributed by atoms with Gasteiger partial charge < -0.3 is 21.1 Å². The number of benzene rings is 1. The summed E-state index contributed by atoms with van der Waals surface area (Å²) in [5.74, 6) is 0.647. The number of nitrogens with two attached hydrogens (primary N) is 1. The lowest BCUT2D eigenvalue weighted by molar-refractivity contribution is 0.128. The maximum Gasteiger partial charge on any atom is 0.224 e. The maximum atomic E-state index is 13.9. The van der Waals surface area contributed by atoms with E-state index in [0.29, 0.717) is 40.8 Å². The van der Waals surface area contributed by atoms with Crippen LogP contribution in [0.4, 0.5) is 21.8 Å². The fourth-order valence-electron chi connectivity index (χ4n) is 2.53. The molecule has 2 aromatic heterocycles. The fraction of sp³-hybridized carbons (Fsp3) is 0.278. The second-order valence-corrected chi connectivity index (χ2v) is 5.94. The van der Waals surface area contributed by atoms with Gasteiger partial charge in [-0.1, -0.05) is 0 Å². The van der Waals surface area contributed by atoms with Crippen molar-refractivity contribution in [3.8, 4) is 11.1 Å². The lowest BCUT2D eigenvalue weighted by atomic mass is 10.0. The summed E-state index contributed by atoms with van der Waals surface area (Å²) in [7, 11) is 3.38. The van der Waals surface area contributed by atoms with Crippen molar-refractivity contribution < 1.29 is 9.13 Å². The van der Waals surface area contributed by atoms with Gasteiger partial charge in [-0.25, -0.2) is 14.4 Å². The molecule has 0 aliphatic carbocycles. The molecule has 8 heteroatoms. The van der Waals surface area contributed by atoms with Gasteiger partial charge in [0.05, 0.1) is 6.10 Å². The van der Waals surface area contributed by atoms with Crippen LogP contribution in [-0.4, -0.2) is 41.8 Å². The molecule has 0 fully saturated rings. The molecule has 0 unspecified atom stereocenters. The van der Waals surface area contributed by atoms with E-state index in [0.717, 1.165) is 5.39 Å². The predicted molar refractivity (Wildman–Crippen MR) is 102 cm³/mol. The maximum absolute atomic E-state index is 13.9. The number of fused-ring (bicyclic) bond motifs is 1. The number of hydrogen-bond acceptors (Lipinski definition) is 7. The Kier molecular flexibility index (Phi) is 5.13. The monoisotopic (exact) mass is 356 g/mol. The average molecular weight is 356 g/mol. The Morgan fingerprint density at radius 1 is 1.23 bits per heavy atom. The van der Waals surface area contributed by atoms with Crippen molar-refractivity contribution in [2.45, 2.75) is 13.0 Å². The van der Waals surface area contributed by atoms with E-state index in [-0.39, 0.29) is 6.10 Å². The Morgan fingerprint density at radius 3 is 2.73 bits per heavy atom. The number of pyridine rings is 1. The Morgan fingerprint density at radius 2 is 2.04 bits per heavy atom. The molecular formula is C18H21FN6O. The lowest BCUT2D eigenvalue weighted by Crippen LogP contribution is -2.19. The molecule has 0 bridgehead atoms. The summed E-state index contributed by atoms with van der Waals surface area (Å²) < 4.78 is 19.1. The standard InChI is InChI=1S/C18H21FN6O/c1-10(26-3)8-22-17-15(11-4-13(19)7-14(20)5-11)6-12-9-23-18(21-2)25-16(12)24-17/h4-7,9-10H,8,20H2,1-3H3,(H2,21,22,23,24,25)/t10-/m1/s1. The van der Waals surface area contributed by atoms with Crippen LogP contribution in [0, 0.1) is 5.82 Å². The largest absolute Gasteiger partial charge is 0.399 e. The molecule has 0 saturated heterocycles. The van der Waals surface area contributed by atoms with Crippen molar-refractivity contribution in [1.29, 1.82) is 0 Å². The Balaban J connectivity index is 2.14. The molecule has 1 aromatic carbocycles. The summed E-state index contributed by atoms with van der Waals surface area (Å²) in [6.45, 7) is 2.48. The minimum Gasteiger partial charge on any atom is -0.399 e. The van der Waals surface area contributed by atoms with E-state index in [1.54, 1.807) is 26.4 Å². The lowest BCUT2D eigenvalue weighted by Gasteiger charge is -2.16. The highest BCUT2D eigenvalue weighted by Crippen LogP contribution is 2.31. The van der Waals surface area contributed by atoms with Crippen molar-refractivity contribution in [2.75, 3.05) is 37.1 Å². The first kappa shape index (κ1) is 17.8. The number of nitrogens with zero attached hydrogens (tertiary/aromatic N) is 3. The molecule has 0 spiro atoms. The molecule has 0 radical (unpaired) electrons. The van der Waals surface area contributed by atoms with E-state index in [9.17, 15) is 4.39 Å². The number of nitrogen functional groups attached to an aromatic ring is 1. The van der Waals surface area contributed by atoms with Crippen LogP contribution in [-0.2, 0) is 4.74 Å². The topological polar surface area (TPSA) is 98.0 Å². The Bertz CT molecular complexity index is 913. The summed E-state index contributed by atoms with van der Waals surface area (Å²) in [5.41, 5.74) is 8.03. The van der Waals surface area contributed by atoms with E-state index in [1.165, 1.54) is 12.1 Å². The number of nitrogens with one attached hydrogen (secondary N) is 2. The van der Waals surface area contributed by atoms with Gasteiger partial charge in [0.2, 0.25) is 5.95 Å². The summed E-state index contributed by atoms with van der Waals surface area (Å²) in [5, 5.41) is 6.88. The first-order valence-corrected chi connectivity index (χ1v) is 8.19. The van der Waals surface area contributed by atoms with Gasteiger partial charge in [0.25, 0.3) is 0 Å². The molecule has 0 saturated carbocycles. The molecule has 0 aliphatic rings. The summed E-state index contributed by atoms with van der Waals surface area (Å²) in [6.07, 6.45) is 1.66. The third-order valence-electron chi connectivity index (χ3n) is 3.98. The Hall–Kier alpha value is -3.00. The predicted octanol–water partition coefficient (Wildman–Crippen LogP) is 2.90. The van der Waals surface area contributed by atoms with Gasteiger partial charge in [-0.05, 0) is 36.8 Å². The van der Waals surface area contributed by atoms with Crippen LogP contribution in [0.15, 0.2) is 30.5 Å². The highest BCUT2D eigenvalue weighted by Gasteiger charge is 2.13. The van der Waals surface area contributed by atoms with Crippen LogP contribution < -0.4 is 16.4 Å². The molecule has 0 aliphatic heterocycles. The molecule has 0 amide bonds. The number of hydrogen-bond donors (Lipinski definition) is 3. The quantitative estimate of drug-likeness (QED) is 0.584. The van der Waals surface area contributed by atoms with Crippen molar-refractivity contribution >= 4 is 28.5 Å². The molecule has 3 aromatic rings. The highest BCUT2D eigenvalue weighted by molar-refractivity contribution is 5.88. The van der Waals surface area contributed by atoms with Crippen LogP contribution >= 0.6 is 0 Å². The molecule has 26 heavy (non-hydrogen) atoms. The smallest absolute Gasteiger partial charge is 0.224 e. The van der Waals surface area contributed by atoms with Gasteiger partial charge in [0.1, 0.15) is 11.6 Å². The van der Waals surface area contributed by atoms with Crippen LogP contribution in [0.2, 0.25) is 0 Å². The SMILES string of the molecule is CNc1ncc2cc(-c3cc(N)cc(F)c3)c(NC[C@@H](C)OC)nc2n1. The van der Waals surface area contributed by atoms with E-state index < -0.39 is 5.82 Å². The van der Waals surface area contributed by atoms with Crippen molar-refractivity contribution in [3.63, 3.8) is 0 Å². The van der Waals surface area contributed by atoms with E-state index in [1.807, 2.05) is 13.0 Å². The van der Waals surface area contributed by atoms with Gasteiger partial charge in [-0.15, -0.1) is 0 Å². The van der Waals surface area contributed by atoms with Crippen LogP contribution in [0.3, 0.4) is 0 Å². The average Bonchev–Trinajstić information content (AvgIpc) is 2.63. The summed E-state index contributed by atoms with van der Waals surface area (Å²) in [6, 6.07) is 6.28. The minimum absolute atomic E-state index is 0.0174. The van der Waals surface area contributed by atoms with Gasteiger partial charge in [-0.2, -0.15) is 4.98 Å². The number of methoxy groups -OCH3 is 1. The van der Waals surface area contributed by atoms with Crippen LogP contribution in [0.25, 0.3) is 22.2 Å². The third kappa shape index (κ3) is 3.80. The zero-order valence-electron chi connectivity index (χ0n) is 14.9. The number of halogens is 1. The highest BCUT2D eigenvalue weighted by atomic mass is 19.1. The minimum atomic E-state index is -0.405. The first-order valence-electron chi connectivity index (χ1n) is 8.19. The fourth-order valence-corrected chi connectivity index (χ4v) is 2.53. The molecule has 4 N–H and O–H groups in total. The van der Waals surface area contributed by atoms with Crippen molar-refractivity contribution in [1.82, 2.24) is 15.0 Å². The van der Waals surface area contributed by atoms with Gasteiger partial charge in [0, 0.05) is 43.5 Å². The van der Waals surface area contributed by atoms with E-state index in [2.05, 4.69) is 25.6 Å². The number of rotatable bonds is 6. The number of aromatic nitrogens is 3. The van der Waals surface area contributed by atoms with Gasteiger partial charge in [0.15, 0.2) is 5.65 Å². The second kappa shape index (κ2) is 7.49. The molecule has 3 rings (SSSR count). The third-order valence-corrected chi connectivity index (χ3v) is 3.98. The Labute approximate surface area is 150 Å². The molecule has 1 atom stereocenters. The zero-order valence-corrected chi connectivity index (χ0v) is 14.9.